The van der Waals surface area contributed by atoms with E-state index in [2.05, 4.69) is 17.2 Å². The molecule has 37 heavy (non-hydrogen) atoms. The number of primary amides is 1. The summed E-state index contributed by atoms with van der Waals surface area (Å²) in [4.78, 5) is 65.2. The van der Waals surface area contributed by atoms with Crippen LogP contribution in [0.25, 0.3) is 0 Å². The van der Waals surface area contributed by atoms with E-state index in [-0.39, 0.29) is 28.9 Å². The van der Waals surface area contributed by atoms with Crippen molar-refractivity contribution in [3.05, 3.63) is 22.8 Å². The number of β-lactam (4-membered cyclic amide) rings is 1. The van der Waals surface area contributed by atoms with Gasteiger partial charge in [-0.15, -0.1) is 11.8 Å². The fourth-order valence-corrected chi connectivity index (χ4v) is 7.46. The molecule has 3 saturated heterocycles. The molecule has 0 aromatic rings. The first-order chi connectivity index (χ1) is 17.4. The molecule has 0 saturated carbocycles. The molecule has 4 heterocycles. The summed E-state index contributed by atoms with van der Waals surface area (Å²) in [5.41, 5.74) is 11.7. The lowest BCUT2D eigenvalue weighted by atomic mass is 9.75. The molecule has 7 atom stereocenters. The lowest BCUT2D eigenvalue weighted by Crippen LogP contribution is -2.66. The topological polar surface area (TPSA) is 188 Å². The van der Waals surface area contributed by atoms with E-state index >= 15 is 0 Å². The van der Waals surface area contributed by atoms with Crippen molar-refractivity contribution in [3.63, 3.8) is 0 Å². The zero-order chi connectivity index (χ0) is 27.2. The monoisotopic (exact) mass is 534 g/mol. The number of amides is 4. The highest BCUT2D eigenvalue weighted by molar-refractivity contribution is 8.03. The van der Waals surface area contributed by atoms with E-state index < -0.39 is 54.0 Å². The number of hydrogen-bond donors (Lipinski definition) is 5. The largest absolute Gasteiger partial charge is 0.477 e. The molecule has 4 aliphatic rings. The lowest BCUT2D eigenvalue weighted by molar-refractivity contribution is -0.158. The summed E-state index contributed by atoms with van der Waals surface area (Å²) in [5.74, 6) is -4.09. The number of thioether (sulfide) groups is 1. The normalized spacial score (nSPS) is 31.7. The van der Waals surface area contributed by atoms with Crippen molar-refractivity contribution in [3.8, 4) is 0 Å². The SMILES string of the molecule is C=C(C)[C@H]1C(S[C@@H]2CN[C@H](C(=O)N3CC[C@@H](N)C3)C2)=C(C(=O)O)N2C(=O)[C@H]([C@@H](C)NC(=O)CC(N)=O)[C@@H]12. The highest BCUT2D eigenvalue weighted by atomic mass is 32.2. The molecule has 12 nitrogen and oxygen atoms in total. The second-order valence-electron chi connectivity index (χ2n) is 10.3. The van der Waals surface area contributed by atoms with Gasteiger partial charge in [0.15, 0.2) is 0 Å². The molecule has 7 N–H and O–H groups in total. The van der Waals surface area contributed by atoms with Crippen molar-refractivity contribution < 1.29 is 29.1 Å². The van der Waals surface area contributed by atoms with Gasteiger partial charge >= 0.3 is 5.97 Å². The maximum atomic E-state index is 13.1. The Bertz CT molecular complexity index is 1080. The Morgan fingerprint density at radius 1 is 1.32 bits per heavy atom. The average Bonchev–Trinajstić information content (AvgIpc) is 3.49. The Labute approximate surface area is 219 Å². The van der Waals surface area contributed by atoms with Crippen LogP contribution in [0.5, 0.6) is 0 Å². The standard InChI is InChI=1S/C24H34N6O6S/c1-10(2)17-19-18(11(3)28-16(32)7-15(26)31)23(34)30(19)20(24(35)36)21(17)37-13-6-14(27-8-13)22(33)29-5-4-12(25)9-29/h11-14,17-19,27H,1,4-9,25H2,2-3H3,(H2,26,31)(H,28,32)(H,35,36)/t11-,12-,13+,14+,17-,18-,19-/m1/s1. The Morgan fingerprint density at radius 3 is 2.59 bits per heavy atom. The van der Waals surface area contributed by atoms with Crippen molar-refractivity contribution in [2.45, 2.75) is 62.5 Å². The summed E-state index contributed by atoms with van der Waals surface area (Å²) in [7, 11) is 0. The van der Waals surface area contributed by atoms with Crippen LogP contribution in [-0.2, 0) is 24.0 Å². The van der Waals surface area contributed by atoms with E-state index in [1.54, 1.807) is 18.7 Å². The maximum Gasteiger partial charge on any atom is 0.353 e. The summed E-state index contributed by atoms with van der Waals surface area (Å²) >= 11 is 1.38. The van der Waals surface area contributed by atoms with E-state index in [9.17, 15) is 29.1 Å². The third-order valence-electron chi connectivity index (χ3n) is 7.50. The molecule has 0 aromatic heterocycles. The number of aliphatic carboxylic acids is 1. The predicted octanol–water partition coefficient (Wildman–Crippen LogP) is -1.28. The van der Waals surface area contributed by atoms with Crippen molar-refractivity contribution >= 4 is 41.4 Å². The highest BCUT2D eigenvalue weighted by Crippen LogP contribution is 2.54. The fourth-order valence-electron chi connectivity index (χ4n) is 5.85. The number of nitrogens with zero attached hydrogens (tertiary/aromatic N) is 2. The number of carbonyl (C=O) groups is 5. The van der Waals surface area contributed by atoms with E-state index in [0.29, 0.717) is 36.5 Å². The minimum absolute atomic E-state index is 0.00551. The van der Waals surface area contributed by atoms with Gasteiger partial charge in [-0.3, -0.25) is 19.2 Å². The van der Waals surface area contributed by atoms with Crippen LogP contribution in [0.15, 0.2) is 22.8 Å². The van der Waals surface area contributed by atoms with Gasteiger partial charge in [-0.25, -0.2) is 4.79 Å². The van der Waals surface area contributed by atoms with Crippen LogP contribution in [-0.4, -0.2) is 93.6 Å². The molecule has 4 aliphatic heterocycles. The Balaban J connectivity index is 1.50. The molecule has 0 bridgehead atoms. The van der Waals surface area contributed by atoms with Gasteiger partial charge in [0.1, 0.15) is 12.1 Å². The number of fused-ring (bicyclic) bond motifs is 1. The van der Waals surface area contributed by atoms with Gasteiger partial charge in [-0.05, 0) is 26.7 Å². The van der Waals surface area contributed by atoms with Crippen molar-refractivity contribution in [2.75, 3.05) is 19.6 Å². The number of carboxylic acids is 1. The fraction of sp³-hybridized carbons (Fsp3) is 0.625. The van der Waals surface area contributed by atoms with Gasteiger partial charge in [-0.1, -0.05) is 12.2 Å². The number of carbonyl (C=O) groups excluding carboxylic acids is 4. The number of rotatable bonds is 9. The second-order valence-corrected chi connectivity index (χ2v) is 11.7. The molecule has 0 radical (unpaired) electrons. The molecule has 4 rings (SSSR count). The third kappa shape index (κ3) is 5.12. The summed E-state index contributed by atoms with van der Waals surface area (Å²) in [6.45, 7) is 9.21. The van der Waals surface area contributed by atoms with Crippen LogP contribution in [0.2, 0.25) is 0 Å². The zero-order valence-corrected chi connectivity index (χ0v) is 21.8. The minimum Gasteiger partial charge on any atom is -0.477 e. The van der Waals surface area contributed by atoms with Gasteiger partial charge in [0.25, 0.3) is 0 Å². The molecule has 4 amide bonds. The first-order valence-electron chi connectivity index (χ1n) is 12.4. The smallest absolute Gasteiger partial charge is 0.353 e. The number of nitrogens with two attached hydrogens (primary N) is 2. The maximum absolute atomic E-state index is 13.1. The summed E-state index contributed by atoms with van der Waals surface area (Å²) in [5, 5.41) is 15.9. The Hall–Kier alpha value is -2.90. The van der Waals surface area contributed by atoms with Crippen molar-refractivity contribution in [2.24, 2.45) is 23.3 Å². The Kier molecular flexibility index (Phi) is 7.67. The third-order valence-corrected chi connectivity index (χ3v) is 8.89. The number of carboxylic acid groups (broad SMARTS) is 1. The van der Waals surface area contributed by atoms with E-state index in [4.69, 9.17) is 11.5 Å². The molecule has 0 aromatic carbocycles. The van der Waals surface area contributed by atoms with E-state index in [1.807, 2.05) is 0 Å². The van der Waals surface area contributed by atoms with E-state index in [0.717, 1.165) is 6.42 Å². The van der Waals surface area contributed by atoms with Crippen LogP contribution in [0.4, 0.5) is 0 Å². The first-order valence-corrected chi connectivity index (χ1v) is 13.3. The van der Waals surface area contributed by atoms with Crippen molar-refractivity contribution in [1.82, 2.24) is 20.4 Å². The molecular formula is C24H34N6O6S. The summed E-state index contributed by atoms with van der Waals surface area (Å²) in [6, 6.07) is -1.52. The lowest BCUT2D eigenvalue weighted by Gasteiger charge is -2.48. The van der Waals surface area contributed by atoms with Crippen LogP contribution in [0.1, 0.15) is 33.1 Å². The summed E-state index contributed by atoms with van der Waals surface area (Å²) < 4.78 is 0. The van der Waals surface area contributed by atoms with Crippen LogP contribution in [0, 0.1) is 11.8 Å². The summed E-state index contributed by atoms with van der Waals surface area (Å²) in [6.07, 6.45) is 0.803. The van der Waals surface area contributed by atoms with Crippen molar-refractivity contribution in [1.29, 1.82) is 0 Å². The molecule has 0 aliphatic carbocycles. The van der Waals surface area contributed by atoms with Crippen LogP contribution >= 0.6 is 11.8 Å². The molecule has 0 spiro atoms. The number of nitrogens with one attached hydrogen (secondary N) is 2. The second kappa shape index (κ2) is 10.5. The molecule has 0 unspecified atom stereocenters. The van der Waals surface area contributed by atoms with Gasteiger partial charge in [0.2, 0.25) is 23.6 Å². The molecule has 3 fully saturated rings. The average molecular weight is 535 g/mol. The molecular weight excluding hydrogens is 500 g/mol. The quantitative estimate of drug-likeness (QED) is 0.136. The highest BCUT2D eigenvalue weighted by Gasteiger charge is 2.62. The first kappa shape index (κ1) is 27.1. The van der Waals surface area contributed by atoms with Crippen LogP contribution in [0.3, 0.4) is 0 Å². The van der Waals surface area contributed by atoms with Gasteiger partial charge in [-0.2, -0.15) is 0 Å². The Morgan fingerprint density at radius 2 is 2.03 bits per heavy atom. The molecule has 13 heteroatoms. The van der Waals surface area contributed by atoms with Gasteiger partial charge < -0.3 is 37.0 Å². The van der Waals surface area contributed by atoms with Crippen LogP contribution < -0.4 is 22.1 Å². The zero-order valence-electron chi connectivity index (χ0n) is 20.9. The number of hydrogen-bond acceptors (Lipinski definition) is 8. The minimum atomic E-state index is -1.21. The van der Waals surface area contributed by atoms with Gasteiger partial charge in [0, 0.05) is 47.8 Å². The predicted molar refractivity (Wildman–Crippen MR) is 135 cm³/mol. The molecule has 202 valence electrons. The number of likely N-dealkylation sites (tertiary alicyclic amines) is 1. The van der Waals surface area contributed by atoms with Gasteiger partial charge in [0.05, 0.1) is 18.0 Å². The van der Waals surface area contributed by atoms with E-state index in [1.165, 1.54) is 16.7 Å².